The molecule has 84 valence electrons. The quantitative estimate of drug-likeness (QED) is 0.617. The summed E-state index contributed by atoms with van der Waals surface area (Å²) in [5.41, 5.74) is 0.977. The van der Waals surface area contributed by atoms with Crippen molar-refractivity contribution in [2.45, 2.75) is 0 Å². The Hall–Kier alpha value is -1.45. The average molecular weight is 264 g/mol. The Morgan fingerprint density at radius 1 is 1.12 bits per heavy atom. The van der Waals surface area contributed by atoms with Crippen LogP contribution in [0.2, 0.25) is 5.02 Å². The van der Waals surface area contributed by atoms with E-state index in [1.54, 1.807) is 35.7 Å². The highest BCUT2D eigenvalue weighted by Gasteiger charge is 2.07. The maximum atomic E-state index is 12.8. The van der Waals surface area contributed by atoms with Gasteiger partial charge in [-0.1, -0.05) is 23.7 Å². The lowest BCUT2D eigenvalue weighted by molar-refractivity contribution is 0.628. The van der Waals surface area contributed by atoms with Gasteiger partial charge in [0.05, 0.1) is 5.02 Å². The molecule has 0 amide bonds. The van der Waals surface area contributed by atoms with Gasteiger partial charge in [-0.05, 0) is 29.8 Å². The van der Waals surface area contributed by atoms with Crippen LogP contribution in [-0.4, -0.2) is 4.98 Å². The lowest BCUT2D eigenvalue weighted by Crippen LogP contribution is -1.73. The fourth-order valence-electron chi connectivity index (χ4n) is 1.67. The molecule has 0 N–H and O–H groups in total. The van der Waals surface area contributed by atoms with Crippen LogP contribution in [0.3, 0.4) is 0 Å². The van der Waals surface area contributed by atoms with Gasteiger partial charge in [0.15, 0.2) is 0 Å². The largest absolute Gasteiger partial charge is 0.245 e. The topological polar surface area (TPSA) is 12.9 Å². The van der Waals surface area contributed by atoms with Crippen molar-refractivity contribution in [2.75, 3.05) is 0 Å². The Labute approximate surface area is 106 Å². The number of rotatable bonds is 1. The molecule has 0 fully saturated rings. The van der Waals surface area contributed by atoms with Crippen molar-refractivity contribution in [2.24, 2.45) is 0 Å². The van der Waals surface area contributed by atoms with E-state index in [1.165, 1.54) is 12.1 Å². The second kappa shape index (κ2) is 4.09. The van der Waals surface area contributed by atoms with E-state index in [0.717, 1.165) is 20.7 Å². The van der Waals surface area contributed by atoms with Crippen LogP contribution in [0.4, 0.5) is 4.39 Å². The monoisotopic (exact) mass is 263 g/mol. The van der Waals surface area contributed by atoms with Crippen molar-refractivity contribution < 1.29 is 4.39 Å². The predicted molar refractivity (Wildman–Crippen MR) is 70.0 cm³/mol. The van der Waals surface area contributed by atoms with E-state index in [0.29, 0.717) is 5.02 Å². The van der Waals surface area contributed by atoms with Gasteiger partial charge in [-0.3, -0.25) is 0 Å². The Morgan fingerprint density at radius 2 is 1.88 bits per heavy atom. The highest BCUT2D eigenvalue weighted by molar-refractivity contribution is 7.21. The van der Waals surface area contributed by atoms with Crippen LogP contribution >= 0.6 is 22.9 Å². The van der Waals surface area contributed by atoms with E-state index < -0.39 is 0 Å². The fraction of sp³-hybridized carbons (Fsp3) is 0. The first-order valence-corrected chi connectivity index (χ1v) is 6.23. The smallest absolute Gasteiger partial charge is 0.125 e. The van der Waals surface area contributed by atoms with E-state index in [9.17, 15) is 4.39 Å². The van der Waals surface area contributed by atoms with E-state index in [4.69, 9.17) is 11.6 Å². The lowest BCUT2D eigenvalue weighted by Gasteiger charge is -1.95. The van der Waals surface area contributed by atoms with E-state index in [-0.39, 0.29) is 5.82 Å². The molecule has 0 saturated carbocycles. The molecule has 0 saturated heterocycles. The summed E-state index contributed by atoms with van der Waals surface area (Å²) in [6.45, 7) is 0. The maximum Gasteiger partial charge on any atom is 0.125 e. The van der Waals surface area contributed by atoms with Crippen molar-refractivity contribution in [3.05, 3.63) is 53.4 Å². The van der Waals surface area contributed by atoms with Gasteiger partial charge in [0.2, 0.25) is 0 Å². The minimum absolute atomic E-state index is 0.231. The van der Waals surface area contributed by atoms with Gasteiger partial charge in [0, 0.05) is 16.5 Å². The SMILES string of the molecule is Fc1ccc(-c2cc3c(Cl)ccnc3s2)cc1. The molecule has 1 aromatic carbocycles. The minimum Gasteiger partial charge on any atom is -0.245 e. The first kappa shape index (κ1) is 10.7. The predicted octanol–water partition coefficient (Wildman–Crippen LogP) is 4.76. The molecule has 17 heavy (non-hydrogen) atoms. The summed E-state index contributed by atoms with van der Waals surface area (Å²) in [7, 11) is 0. The zero-order chi connectivity index (χ0) is 11.8. The van der Waals surface area contributed by atoms with Gasteiger partial charge < -0.3 is 0 Å². The molecule has 0 spiro atoms. The van der Waals surface area contributed by atoms with Crippen molar-refractivity contribution >= 4 is 33.2 Å². The van der Waals surface area contributed by atoms with Gasteiger partial charge in [-0.25, -0.2) is 9.37 Å². The van der Waals surface area contributed by atoms with Crippen LogP contribution in [0, 0.1) is 5.82 Å². The molecule has 0 unspecified atom stereocenters. The molecular weight excluding hydrogens is 257 g/mol. The summed E-state index contributed by atoms with van der Waals surface area (Å²) in [6, 6.07) is 10.2. The molecule has 2 heterocycles. The minimum atomic E-state index is -0.231. The van der Waals surface area contributed by atoms with Crippen molar-refractivity contribution in [3.8, 4) is 10.4 Å². The summed E-state index contributed by atoms with van der Waals surface area (Å²) >= 11 is 7.64. The van der Waals surface area contributed by atoms with Crippen LogP contribution in [-0.2, 0) is 0 Å². The Bertz CT molecular complexity index is 675. The zero-order valence-electron chi connectivity index (χ0n) is 8.65. The summed E-state index contributed by atoms with van der Waals surface area (Å²) < 4.78 is 12.8. The third kappa shape index (κ3) is 1.92. The van der Waals surface area contributed by atoms with Crippen molar-refractivity contribution in [3.63, 3.8) is 0 Å². The number of halogens is 2. The molecule has 3 aromatic rings. The second-order valence-corrected chi connectivity index (χ2v) is 5.07. The van der Waals surface area contributed by atoms with E-state index in [2.05, 4.69) is 4.98 Å². The molecule has 0 radical (unpaired) electrons. The summed E-state index contributed by atoms with van der Waals surface area (Å²) in [5, 5.41) is 1.64. The molecule has 4 heteroatoms. The Balaban J connectivity index is 2.18. The first-order valence-electron chi connectivity index (χ1n) is 5.04. The first-order chi connectivity index (χ1) is 8.24. The third-order valence-corrected chi connectivity index (χ3v) is 3.93. The van der Waals surface area contributed by atoms with Gasteiger partial charge in [0.1, 0.15) is 10.6 Å². The van der Waals surface area contributed by atoms with Crippen LogP contribution in [0.15, 0.2) is 42.6 Å². The zero-order valence-corrected chi connectivity index (χ0v) is 10.2. The van der Waals surface area contributed by atoms with Crippen LogP contribution in [0.5, 0.6) is 0 Å². The van der Waals surface area contributed by atoms with Gasteiger partial charge in [0.25, 0.3) is 0 Å². The summed E-state index contributed by atoms with van der Waals surface area (Å²) in [5.74, 6) is -0.231. The Morgan fingerprint density at radius 3 is 2.59 bits per heavy atom. The van der Waals surface area contributed by atoms with Gasteiger partial charge in [-0.15, -0.1) is 11.3 Å². The number of fused-ring (bicyclic) bond motifs is 1. The van der Waals surface area contributed by atoms with Crippen LogP contribution in [0.1, 0.15) is 0 Å². The maximum absolute atomic E-state index is 12.8. The van der Waals surface area contributed by atoms with E-state index >= 15 is 0 Å². The van der Waals surface area contributed by atoms with Crippen LogP contribution in [0.25, 0.3) is 20.7 Å². The van der Waals surface area contributed by atoms with Crippen LogP contribution < -0.4 is 0 Å². The number of aromatic nitrogens is 1. The Kier molecular flexibility index (Phi) is 2.57. The number of nitrogens with zero attached hydrogens (tertiary/aromatic N) is 1. The lowest BCUT2D eigenvalue weighted by atomic mass is 10.2. The molecule has 0 aliphatic rings. The fourth-order valence-corrected chi connectivity index (χ4v) is 2.95. The molecular formula is C13H7ClFNS. The molecule has 3 rings (SSSR count). The average Bonchev–Trinajstić information content (AvgIpc) is 2.75. The standard InChI is InChI=1S/C13H7ClFNS/c14-11-5-6-16-13-10(11)7-12(17-13)8-1-3-9(15)4-2-8/h1-7H. The highest BCUT2D eigenvalue weighted by atomic mass is 35.5. The second-order valence-electron chi connectivity index (χ2n) is 3.63. The number of pyridine rings is 1. The molecule has 0 bridgehead atoms. The summed E-state index contributed by atoms with van der Waals surface area (Å²) in [6.07, 6.45) is 1.69. The van der Waals surface area contributed by atoms with Gasteiger partial charge >= 0.3 is 0 Å². The highest BCUT2D eigenvalue weighted by Crippen LogP contribution is 2.35. The number of benzene rings is 1. The van der Waals surface area contributed by atoms with Gasteiger partial charge in [-0.2, -0.15) is 0 Å². The molecule has 0 aliphatic carbocycles. The molecule has 2 aromatic heterocycles. The van der Waals surface area contributed by atoms with Crippen molar-refractivity contribution in [1.29, 1.82) is 0 Å². The summed E-state index contributed by atoms with van der Waals surface area (Å²) in [4.78, 5) is 6.21. The molecule has 0 atom stereocenters. The number of hydrogen-bond donors (Lipinski definition) is 0. The molecule has 1 nitrogen and oxygen atoms in total. The number of hydrogen-bond acceptors (Lipinski definition) is 2. The van der Waals surface area contributed by atoms with Crippen molar-refractivity contribution in [1.82, 2.24) is 4.98 Å². The normalized spacial score (nSPS) is 10.9. The molecule has 0 aliphatic heterocycles. The van der Waals surface area contributed by atoms with E-state index in [1.807, 2.05) is 6.07 Å². The number of thiophene rings is 1. The third-order valence-electron chi connectivity index (χ3n) is 2.51.